The van der Waals surface area contributed by atoms with E-state index in [0.29, 0.717) is 24.3 Å². The fourth-order valence-electron chi connectivity index (χ4n) is 5.93. The normalized spacial score (nSPS) is 19.3. The van der Waals surface area contributed by atoms with Crippen LogP contribution >= 0.6 is 22.6 Å². The molecule has 5 rings (SSSR count). The Morgan fingerprint density at radius 2 is 1.89 bits per heavy atom. The molecule has 0 saturated carbocycles. The Morgan fingerprint density at radius 3 is 2.61 bits per heavy atom. The summed E-state index contributed by atoms with van der Waals surface area (Å²) in [5.74, 6) is 0.614. The molecule has 0 unspecified atom stereocenters. The number of fused-ring (bicyclic) bond motifs is 1. The van der Waals surface area contributed by atoms with Gasteiger partial charge in [-0.3, -0.25) is 9.52 Å². The molecule has 2 aliphatic rings. The molecule has 2 aliphatic heterocycles. The summed E-state index contributed by atoms with van der Waals surface area (Å²) in [7, 11) is -3.57. The second-order valence-electron chi connectivity index (χ2n) is 12.6. The number of aromatic nitrogens is 3. The molecule has 4 heterocycles. The van der Waals surface area contributed by atoms with Gasteiger partial charge in [-0.05, 0) is 101 Å². The number of benzene rings is 1. The Labute approximate surface area is 272 Å². The second kappa shape index (κ2) is 12.7. The van der Waals surface area contributed by atoms with E-state index < -0.39 is 21.7 Å². The summed E-state index contributed by atoms with van der Waals surface area (Å²) in [4.78, 5) is 35.3. The largest absolute Gasteiger partial charge is 0.444 e. The highest BCUT2D eigenvalue weighted by atomic mass is 127. The third-order valence-electron chi connectivity index (χ3n) is 7.77. The van der Waals surface area contributed by atoms with E-state index in [-0.39, 0.29) is 23.7 Å². The quantitative estimate of drug-likeness (QED) is 0.328. The molecule has 0 radical (unpaired) electrons. The van der Waals surface area contributed by atoms with Crippen molar-refractivity contribution >= 4 is 61.8 Å². The minimum Gasteiger partial charge on any atom is -0.444 e. The molecule has 2 atom stereocenters. The van der Waals surface area contributed by atoms with E-state index in [2.05, 4.69) is 37.5 Å². The molecular weight excluding hydrogens is 697 g/mol. The highest BCUT2D eigenvalue weighted by Crippen LogP contribution is 2.34. The molecule has 1 aromatic carbocycles. The number of likely N-dealkylation sites (tertiary alicyclic amines) is 1. The number of amides is 2. The average molecular weight is 738 g/mol. The van der Waals surface area contributed by atoms with Crippen molar-refractivity contribution in [3.8, 4) is 0 Å². The molecule has 12 nitrogen and oxygen atoms in total. The van der Waals surface area contributed by atoms with Crippen LogP contribution in [0.2, 0.25) is 0 Å². The lowest BCUT2D eigenvalue weighted by Crippen LogP contribution is -2.42. The van der Waals surface area contributed by atoms with Gasteiger partial charge in [0.2, 0.25) is 10.0 Å². The van der Waals surface area contributed by atoms with Gasteiger partial charge in [-0.2, -0.15) is 5.10 Å². The standard InChI is InChI=1S/C30H40IN7O5S/c1-19-18-38-26(33-27(19)36-14-8-9-21(36)17-32-29(40)43-30(2,3)4)16-24(34-38)25-10-6-7-13-37(25)28(39)22-15-20(31)11-12-23(22)35-44(5,41)42/h11-12,15-16,18,21,25,35H,6-10,13-14,17H2,1-5H3,(H,32,40)/t21-,25-/m0/s1. The van der Waals surface area contributed by atoms with Crippen molar-refractivity contribution in [1.82, 2.24) is 24.8 Å². The van der Waals surface area contributed by atoms with Crippen molar-refractivity contribution in [2.45, 2.75) is 77.5 Å². The fraction of sp³-hybridized carbons (Fsp3) is 0.533. The van der Waals surface area contributed by atoms with E-state index in [9.17, 15) is 18.0 Å². The first-order valence-corrected chi connectivity index (χ1v) is 17.8. The van der Waals surface area contributed by atoms with Gasteiger partial charge in [-0.1, -0.05) is 0 Å². The van der Waals surface area contributed by atoms with Crippen LogP contribution in [0.5, 0.6) is 0 Å². The summed E-state index contributed by atoms with van der Waals surface area (Å²) in [5, 5.41) is 7.77. The van der Waals surface area contributed by atoms with Gasteiger partial charge >= 0.3 is 6.09 Å². The number of halogens is 1. The Balaban J connectivity index is 1.40. The molecule has 2 aromatic heterocycles. The number of nitrogens with zero attached hydrogens (tertiary/aromatic N) is 5. The van der Waals surface area contributed by atoms with Crippen molar-refractivity contribution in [1.29, 1.82) is 0 Å². The molecule has 238 valence electrons. The number of alkyl carbamates (subject to hydrolysis) is 1. The maximum Gasteiger partial charge on any atom is 0.407 e. The lowest BCUT2D eigenvalue weighted by Gasteiger charge is -2.35. The topological polar surface area (TPSA) is 138 Å². The van der Waals surface area contributed by atoms with E-state index in [1.165, 1.54) is 0 Å². The number of piperidine rings is 1. The summed E-state index contributed by atoms with van der Waals surface area (Å²) in [5.41, 5.74) is 2.40. The molecule has 14 heteroatoms. The highest BCUT2D eigenvalue weighted by Gasteiger charge is 2.33. The molecule has 0 bridgehead atoms. The van der Waals surface area contributed by atoms with Gasteiger partial charge in [0.25, 0.3) is 5.91 Å². The third kappa shape index (κ3) is 7.56. The van der Waals surface area contributed by atoms with E-state index in [0.717, 1.165) is 65.6 Å². The SMILES string of the molecule is Cc1cn2nc([C@@H]3CCCCN3C(=O)c3cc(I)ccc3NS(C)(=O)=O)cc2nc1N1CCC[C@H]1CNC(=O)OC(C)(C)C. The number of carbonyl (C=O) groups excluding carboxylic acids is 2. The van der Waals surface area contributed by atoms with Crippen molar-refractivity contribution < 1.29 is 22.7 Å². The van der Waals surface area contributed by atoms with Gasteiger partial charge in [0.15, 0.2) is 5.65 Å². The minimum absolute atomic E-state index is 0.0911. The Kier molecular flexibility index (Phi) is 9.31. The summed E-state index contributed by atoms with van der Waals surface area (Å²) >= 11 is 2.12. The number of nitrogens with one attached hydrogen (secondary N) is 2. The molecule has 2 saturated heterocycles. The van der Waals surface area contributed by atoms with Crippen LogP contribution in [0.4, 0.5) is 16.3 Å². The highest BCUT2D eigenvalue weighted by molar-refractivity contribution is 14.1. The van der Waals surface area contributed by atoms with Crippen LogP contribution < -0.4 is 14.9 Å². The Morgan fingerprint density at radius 1 is 1.11 bits per heavy atom. The summed E-state index contributed by atoms with van der Waals surface area (Å²) < 4.78 is 34.6. The number of aryl methyl sites for hydroxylation is 1. The number of anilines is 2. The van der Waals surface area contributed by atoms with Crippen LogP contribution in [0.1, 0.15) is 80.5 Å². The summed E-state index contributed by atoms with van der Waals surface area (Å²) in [6.07, 6.45) is 7.06. The zero-order chi connectivity index (χ0) is 31.8. The zero-order valence-electron chi connectivity index (χ0n) is 25.8. The number of hydrogen-bond donors (Lipinski definition) is 2. The molecule has 0 aliphatic carbocycles. The average Bonchev–Trinajstić information content (AvgIpc) is 3.57. The molecule has 2 fully saturated rings. The molecule has 3 aromatic rings. The predicted molar refractivity (Wildman–Crippen MR) is 178 cm³/mol. The Hall–Kier alpha value is -3.14. The van der Waals surface area contributed by atoms with Gasteiger partial charge in [-0.25, -0.2) is 22.7 Å². The van der Waals surface area contributed by atoms with Gasteiger partial charge in [-0.15, -0.1) is 0 Å². The van der Waals surface area contributed by atoms with Crippen molar-refractivity contribution in [3.63, 3.8) is 0 Å². The van der Waals surface area contributed by atoms with E-state index >= 15 is 0 Å². The lowest BCUT2D eigenvalue weighted by atomic mass is 9.98. The fourth-order valence-corrected chi connectivity index (χ4v) is 7.00. The first-order chi connectivity index (χ1) is 20.7. The smallest absolute Gasteiger partial charge is 0.407 e. The number of sulfonamides is 1. The van der Waals surface area contributed by atoms with Crippen LogP contribution in [0.25, 0.3) is 5.65 Å². The number of carbonyl (C=O) groups is 2. The van der Waals surface area contributed by atoms with Gasteiger partial charge < -0.3 is 19.9 Å². The van der Waals surface area contributed by atoms with Crippen LogP contribution in [-0.4, -0.2) is 77.4 Å². The minimum atomic E-state index is -3.57. The molecule has 2 N–H and O–H groups in total. The van der Waals surface area contributed by atoms with Crippen LogP contribution in [0, 0.1) is 10.5 Å². The van der Waals surface area contributed by atoms with Gasteiger partial charge in [0.1, 0.15) is 11.4 Å². The molecule has 2 amide bonds. The van der Waals surface area contributed by atoms with Crippen LogP contribution in [-0.2, 0) is 14.8 Å². The maximum atomic E-state index is 14.0. The number of rotatable bonds is 7. The Bertz CT molecular complexity index is 1670. The van der Waals surface area contributed by atoms with Crippen molar-refractivity contribution in [2.75, 3.05) is 35.5 Å². The number of ether oxygens (including phenoxy) is 1. The third-order valence-corrected chi connectivity index (χ3v) is 9.03. The zero-order valence-corrected chi connectivity index (χ0v) is 28.7. The van der Waals surface area contributed by atoms with E-state index in [4.69, 9.17) is 14.8 Å². The van der Waals surface area contributed by atoms with Gasteiger partial charge in [0.05, 0.1) is 29.2 Å². The van der Waals surface area contributed by atoms with Crippen LogP contribution in [0.15, 0.2) is 30.5 Å². The lowest BCUT2D eigenvalue weighted by molar-refractivity contribution is 0.0524. The monoisotopic (exact) mass is 737 g/mol. The maximum absolute atomic E-state index is 14.0. The molecule has 0 spiro atoms. The van der Waals surface area contributed by atoms with E-state index in [1.54, 1.807) is 27.6 Å². The summed E-state index contributed by atoms with van der Waals surface area (Å²) in [6.45, 7) is 9.36. The van der Waals surface area contributed by atoms with Crippen LogP contribution in [0.3, 0.4) is 0 Å². The molecular formula is C30H40IN7O5S. The predicted octanol–water partition coefficient (Wildman–Crippen LogP) is 4.87. The second-order valence-corrected chi connectivity index (χ2v) is 15.6. The van der Waals surface area contributed by atoms with Crippen molar-refractivity contribution in [2.24, 2.45) is 0 Å². The van der Waals surface area contributed by atoms with Crippen molar-refractivity contribution in [3.05, 3.63) is 50.9 Å². The first-order valence-electron chi connectivity index (χ1n) is 14.9. The van der Waals surface area contributed by atoms with E-state index in [1.807, 2.05) is 40.0 Å². The number of hydrogen-bond acceptors (Lipinski definition) is 8. The molecule has 44 heavy (non-hydrogen) atoms. The first kappa shape index (κ1) is 32.3. The van der Waals surface area contributed by atoms with Gasteiger partial charge in [0, 0.05) is 47.1 Å². The summed E-state index contributed by atoms with van der Waals surface area (Å²) in [6, 6.07) is 6.87.